The van der Waals surface area contributed by atoms with Gasteiger partial charge in [0, 0.05) is 25.6 Å². The molecule has 6 nitrogen and oxygen atoms in total. The number of piperidine rings is 1. The van der Waals surface area contributed by atoms with Crippen molar-refractivity contribution in [2.24, 2.45) is 5.73 Å². The maximum absolute atomic E-state index is 13.2. The van der Waals surface area contributed by atoms with Gasteiger partial charge in [-0.15, -0.1) is 0 Å². The minimum Gasteiger partial charge on any atom is -0.341 e. The van der Waals surface area contributed by atoms with E-state index in [1.54, 1.807) is 30.4 Å². The minimum absolute atomic E-state index is 0.0369. The number of anilines is 1. The van der Waals surface area contributed by atoms with Crippen LogP contribution >= 0.6 is 0 Å². The lowest BCUT2D eigenvalue weighted by molar-refractivity contribution is 0.499. The van der Waals surface area contributed by atoms with Crippen LogP contribution in [0.25, 0.3) is 12.2 Å². The standard InChI is InChI=1S/C25H24FN5O/c26-20-10-7-17(8-11-20)9-12-22-23(14-18-4-1-2-5-19(18)15-27)29-25(30-24(22)32)31-13-3-6-21(28)16-31/h1-2,4-5,7-12,21H,3,6,13-14,16,28H2,(H,29,30,32)/t21-/m1/s1. The second-order valence-electron chi connectivity index (χ2n) is 7.93. The molecule has 162 valence electrons. The van der Waals surface area contributed by atoms with Crippen molar-refractivity contribution in [1.82, 2.24) is 9.97 Å². The number of aromatic amines is 1. The Balaban J connectivity index is 1.76. The lowest BCUT2D eigenvalue weighted by atomic mass is 10.0. The second kappa shape index (κ2) is 9.58. The monoisotopic (exact) mass is 429 g/mol. The van der Waals surface area contributed by atoms with Crippen molar-refractivity contribution < 1.29 is 4.39 Å². The number of nitriles is 1. The Morgan fingerprint density at radius 1 is 1.22 bits per heavy atom. The summed E-state index contributed by atoms with van der Waals surface area (Å²) < 4.78 is 13.2. The average molecular weight is 429 g/mol. The van der Waals surface area contributed by atoms with Crippen LogP contribution in [0.2, 0.25) is 0 Å². The fourth-order valence-corrected chi connectivity index (χ4v) is 3.89. The quantitative estimate of drug-likeness (QED) is 0.647. The Morgan fingerprint density at radius 2 is 2.00 bits per heavy atom. The predicted octanol–water partition coefficient (Wildman–Crippen LogP) is 3.47. The zero-order valence-corrected chi connectivity index (χ0v) is 17.6. The van der Waals surface area contributed by atoms with Crippen molar-refractivity contribution in [2.45, 2.75) is 25.3 Å². The molecule has 1 atom stereocenters. The molecule has 4 rings (SSSR count). The summed E-state index contributed by atoms with van der Waals surface area (Å²) in [6, 6.07) is 15.5. The Bertz CT molecular complexity index is 1230. The van der Waals surface area contributed by atoms with E-state index < -0.39 is 0 Å². The highest BCUT2D eigenvalue weighted by Crippen LogP contribution is 2.20. The Kier molecular flexibility index (Phi) is 6.43. The fourth-order valence-electron chi connectivity index (χ4n) is 3.89. The number of hydrogen-bond acceptors (Lipinski definition) is 5. The molecule has 0 saturated carbocycles. The average Bonchev–Trinajstić information content (AvgIpc) is 2.80. The van der Waals surface area contributed by atoms with Crippen LogP contribution in [0.1, 0.15) is 40.8 Å². The topological polar surface area (TPSA) is 98.8 Å². The summed E-state index contributed by atoms with van der Waals surface area (Å²) in [4.78, 5) is 22.8. The summed E-state index contributed by atoms with van der Waals surface area (Å²) in [5.74, 6) is 0.174. The molecule has 2 aromatic carbocycles. The number of halogens is 1. The van der Waals surface area contributed by atoms with Gasteiger partial charge in [0.1, 0.15) is 5.82 Å². The van der Waals surface area contributed by atoms with E-state index in [2.05, 4.69) is 11.1 Å². The number of hydrogen-bond donors (Lipinski definition) is 2. The van der Waals surface area contributed by atoms with Gasteiger partial charge in [-0.2, -0.15) is 5.26 Å². The molecule has 0 bridgehead atoms. The van der Waals surface area contributed by atoms with E-state index in [0.717, 1.165) is 30.5 Å². The van der Waals surface area contributed by atoms with Crippen molar-refractivity contribution in [3.8, 4) is 6.07 Å². The van der Waals surface area contributed by atoms with Crippen molar-refractivity contribution in [3.05, 3.63) is 92.6 Å². The van der Waals surface area contributed by atoms with Gasteiger partial charge in [-0.3, -0.25) is 9.78 Å². The normalized spacial score (nSPS) is 16.3. The van der Waals surface area contributed by atoms with Crippen LogP contribution in [-0.2, 0) is 6.42 Å². The molecular weight excluding hydrogens is 405 g/mol. The maximum atomic E-state index is 13.2. The zero-order valence-electron chi connectivity index (χ0n) is 17.6. The summed E-state index contributed by atoms with van der Waals surface area (Å²) in [5, 5.41) is 9.48. The van der Waals surface area contributed by atoms with E-state index in [1.165, 1.54) is 12.1 Å². The summed E-state index contributed by atoms with van der Waals surface area (Å²) >= 11 is 0. The lowest BCUT2D eigenvalue weighted by Crippen LogP contribution is -2.44. The summed E-state index contributed by atoms with van der Waals surface area (Å²) in [5.41, 5.74) is 8.94. The van der Waals surface area contributed by atoms with Gasteiger partial charge in [-0.25, -0.2) is 9.37 Å². The van der Waals surface area contributed by atoms with Crippen LogP contribution < -0.4 is 16.2 Å². The summed E-state index contributed by atoms with van der Waals surface area (Å²) in [6.45, 7) is 1.40. The lowest BCUT2D eigenvalue weighted by Gasteiger charge is -2.31. The third-order valence-corrected chi connectivity index (χ3v) is 5.59. The van der Waals surface area contributed by atoms with Crippen molar-refractivity contribution in [1.29, 1.82) is 5.26 Å². The molecule has 32 heavy (non-hydrogen) atoms. The molecule has 7 heteroatoms. The van der Waals surface area contributed by atoms with Crippen LogP contribution in [0.4, 0.5) is 10.3 Å². The largest absolute Gasteiger partial charge is 0.341 e. The number of nitrogens with two attached hydrogens (primary N) is 1. The van der Waals surface area contributed by atoms with Gasteiger partial charge in [0.25, 0.3) is 5.56 Å². The number of nitrogens with one attached hydrogen (secondary N) is 1. The first-order chi connectivity index (χ1) is 15.5. The van der Waals surface area contributed by atoms with Gasteiger partial charge in [-0.1, -0.05) is 36.4 Å². The Morgan fingerprint density at radius 3 is 2.75 bits per heavy atom. The first-order valence-electron chi connectivity index (χ1n) is 10.6. The van der Waals surface area contributed by atoms with Crippen LogP contribution in [0.5, 0.6) is 0 Å². The van der Waals surface area contributed by atoms with Gasteiger partial charge in [-0.05, 0) is 48.2 Å². The van der Waals surface area contributed by atoms with Gasteiger partial charge in [0.15, 0.2) is 0 Å². The molecule has 1 fully saturated rings. The van der Waals surface area contributed by atoms with Gasteiger partial charge in [0.2, 0.25) is 5.95 Å². The molecule has 1 aromatic heterocycles. The maximum Gasteiger partial charge on any atom is 0.259 e. The smallest absolute Gasteiger partial charge is 0.259 e. The number of benzene rings is 2. The SMILES string of the molecule is N#Cc1ccccc1Cc1nc(N2CCC[C@@H](N)C2)[nH]c(=O)c1C=Cc1ccc(F)cc1. The van der Waals surface area contributed by atoms with E-state index in [4.69, 9.17) is 10.7 Å². The zero-order chi connectivity index (χ0) is 22.5. The molecular formula is C25H24FN5O. The highest BCUT2D eigenvalue weighted by atomic mass is 19.1. The third-order valence-electron chi connectivity index (χ3n) is 5.59. The molecule has 1 aliphatic rings. The molecule has 2 heterocycles. The van der Waals surface area contributed by atoms with E-state index in [1.807, 2.05) is 23.1 Å². The van der Waals surface area contributed by atoms with Gasteiger partial charge in [0.05, 0.1) is 22.9 Å². The van der Waals surface area contributed by atoms with Crippen molar-refractivity contribution in [2.75, 3.05) is 18.0 Å². The van der Waals surface area contributed by atoms with E-state index in [0.29, 0.717) is 35.7 Å². The second-order valence-corrected chi connectivity index (χ2v) is 7.93. The molecule has 1 saturated heterocycles. The minimum atomic E-state index is -0.320. The highest BCUT2D eigenvalue weighted by molar-refractivity contribution is 5.70. The molecule has 0 spiro atoms. The molecule has 3 N–H and O–H groups in total. The molecule has 3 aromatic rings. The first-order valence-corrected chi connectivity index (χ1v) is 10.6. The van der Waals surface area contributed by atoms with Gasteiger partial charge < -0.3 is 10.6 Å². The van der Waals surface area contributed by atoms with Crippen LogP contribution in [0, 0.1) is 17.1 Å². The van der Waals surface area contributed by atoms with Crippen LogP contribution in [0.3, 0.4) is 0 Å². The third kappa shape index (κ3) is 4.93. The van der Waals surface area contributed by atoms with Crippen LogP contribution in [-0.4, -0.2) is 29.1 Å². The predicted molar refractivity (Wildman–Crippen MR) is 124 cm³/mol. The Labute approximate surface area is 185 Å². The summed E-state index contributed by atoms with van der Waals surface area (Å²) in [6.07, 6.45) is 5.66. The van der Waals surface area contributed by atoms with E-state index >= 15 is 0 Å². The molecule has 0 aliphatic carbocycles. The molecule has 1 aliphatic heterocycles. The summed E-state index contributed by atoms with van der Waals surface area (Å²) in [7, 11) is 0. The molecule has 0 unspecified atom stereocenters. The number of H-pyrrole nitrogens is 1. The fraction of sp³-hybridized carbons (Fsp3) is 0.240. The Hall–Kier alpha value is -3.76. The number of aromatic nitrogens is 2. The molecule has 0 amide bonds. The van der Waals surface area contributed by atoms with E-state index in [9.17, 15) is 14.4 Å². The first kappa shape index (κ1) is 21.5. The number of nitrogens with zero attached hydrogens (tertiary/aromatic N) is 3. The molecule has 0 radical (unpaired) electrons. The van der Waals surface area contributed by atoms with Gasteiger partial charge >= 0.3 is 0 Å². The van der Waals surface area contributed by atoms with E-state index in [-0.39, 0.29) is 17.4 Å². The number of rotatable bonds is 5. The van der Waals surface area contributed by atoms with Crippen LogP contribution in [0.15, 0.2) is 53.3 Å². The van der Waals surface area contributed by atoms with Crippen molar-refractivity contribution in [3.63, 3.8) is 0 Å². The van der Waals surface area contributed by atoms with Crippen molar-refractivity contribution >= 4 is 18.1 Å². The highest BCUT2D eigenvalue weighted by Gasteiger charge is 2.21.